The highest BCUT2D eigenvalue weighted by Gasteiger charge is 2.40. The molecule has 1 aliphatic heterocycles. The first-order chi connectivity index (χ1) is 10.1. The zero-order valence-electron chi connectivity index (χ0n) is 12.2. The molecule has 4 unspecified atom stereocenters. The Bertz CT molecular complexity index is 442. The second kappa shape index (κ2) is 6.18. The summed E-state index contributed by atoms with van der Waals surface area (Å²) in [4.78, 5) is 23.7. The van der Waals surface area contributed by atoms with Crippen molar-refractivity contribution >= 4 is 11.9 Å². The standard InChI is InChI=1S/C16H23NO4/c18-15(13-8-10-1-2-12(13)7-10)17-9-14(16(19)20)11-3-5-21-6-4-11/h1-2,10-14H,3-9H2,(H,17,18)(H,19,20). The van der Waals surface area contributed by atoms with Gasteiger partial charge >= 0.3 is 5.97 Å². The Balaban J connectivity index is 1.53. The third kappa shape index (κ3) is 3.12. The first-order valence-electron chi connectivity index (χ1n) is 7.91. The average Bonchev–Trinajstić information content (AvgIpc) is 3.11. The smallest absolute Gasteiger partial charge is 0.308 e. The molecule has 1 heterocycles. The van der Waals surface area contributed by atoms with Gasteiger partial charge in [-0.2, -0.15) is 0 Å². The predicted octanol–water partition coefficient (Wildman–Crippen LogP) is 1.44. The summed E-state index contributed by atoms with van der Waals surface area (Å²) in [6, 6.07) is 0. The van der Waals surface area contributed by atoms with E-state index in [1.165, 1.54) is 0 Å². The highest BCUT2D eigenvalue weighted by molar-refractivity contribution is 5.80. The van der Waals surface area contributed by atoms with Crippen LogP contribution in [0.25, 0.3) is 0 Å². The van der Waals surface area contributed by atoms with E-state index in [1.807, 2.05) is 0 Å². The summed E-state index contributed by atoms with van der Waals surface area (Å²) >= 11 is 0. The average molecular weight is 293 g/mol. The summed E-state index contributed by atoms with van der Waals surface area (Å²) in [6.45, 7) is 1.50. The number of nitrogens with one attached hydrogen (secondary N) is 1. The van der Waals surface area contributed by atoms with E-state index in [0.717, 1.165) is 25.7 Å². The van der Waals surface area contributed by atoms with Gasteiger partial charge in [0, 0.05) is 25.7 Å². The number of rotatable bonds is 5. The number of carbonyl (C=O) groups is 2. The molecule has 116 valence electrons. The molecule has 2 N–H and O–H groups in total. The number of allylic oxidation sites excluding steroid dienone is 2. The van der Waals surface area contributed by atoms with Crippen molar-refractivity contribution in [3.8, 4) is 0 Å². The van der Waals surface area contributed by atoms with Crippen molar-refractivity contribution in [3.63, 3.8) is 0 Å². The summed E-state index contributed by atoms with van der Waals surface area (Å²) in [7, 11) is 0. The lowest BCUT2D eigenvalue weighted by molar-refractivity contribution is -0.145. The normalized spacial score (nSPS) is 33.0. The van der Waals surface area contributed by atoms with Crippen molar-refractivity contribution in [3.05, 3.63) is 12.2 Å². The molecule has 1 saturated carbocycles. The van der Waals surface area contributed by atoms with E-state index in [0.29, 0.717) is 25.0 Å². The van der Waals surface area contributed by atoms with E-state index < -0.39 is 11.9 Å². The van der Waals surface area contributed by atoms with Crippen LogP contribution in [-0.4, -0.2) is 36.7 Å². The van der Waals surface area contributed by atoms with E-state index in [-0.39, 0.29) is 24.3 Å². The lowest BCUT2D eigenvalue weighted by Crippen LogP contribution is -2.41. The Kier molecular flexibility index (Phi) is 4.29. The van der Waals surface area contributed by atoms with E-state index in [9.17, 15) is 14.7 Å². The van der Waals surface area contributed by atoms with Crippen molar-refractivity contribution in [1.29, 1.82) is 0 Å². The van der Waals surface area contributed by atoms with Gasteiger partial charge in [-0.25, -0.2) is 0 Å². The molecule has 1 amide bonds. The minimum absolute atomic E-state index is 0.0326. The Morgan fingerprint density at radius 3 is 2.57 bits per heavy atom. The highest BCUT2D eigenvalue weighted by atomic mass is 16.5. The molecule has 0 aromatic heterocycles. The molecular weight excluding hydrogens is 270 g/mol. The lowest BCUT2D eigenvalue weighted by Gasteiger charge is -2.28. The van der Waals surface area contributed by atoms with Gasteiger partial charge in [0.25, 0.3) is 0 Å². The highest BCUT2D eigenvalue weighted by Crippen LogP contribution is 2.43. The van der Waals surface area contributed by atoms with Crippen molar-refractivity contribution in [2.75, 3.05) is 19.8 Å². The van der Waals surface area contributed by atoms with E-state index in [1.54, 1.807) is 0 Å². The third-order valence-corrected chi connectivity index (χ3v) is 5.26. The second-order valence-corrected chi connectivity index (χ2v) is 6.53. The largest absolute Gasteiger partial charge is 0.481 e. The molecule has 0 radical (unpaired) electrons. The third-order valence-electron chi connectivity index (χ3n) is 5.26. The molecule has 2 aliphatic carbocycles. The summed E-state index contributed by atoms with van der Waals surface area (Å²) in [5.74, 6) is -0.203. The molecule has 2 fully saturated rings. The van der Waals surface area contributed by atoms with Crippen molar-refractivity contribution < 1.29 is 19.4 Å². The SMILES string of the molecule is O=C(NCC(C(=O)O)C1CCOCC1)C1CC2C=CC1C2. The minimum atomic E-state index is -0.810. The van der Waals surface area contributed by atoms with E-state index in [2.05, 4.69) is 17.5 Å². The molecule has 0 aromatic carbocycles. The minimum Gasteiger partial charge on any atom is -0.481 e. The van der Waals surface area contributed by atoms with Crippen LogP contribution in [0.4, 0.5) is 0 Å². The Labute approximate surface area is 124 Å². The van der Waals surface area contributed by atoms with Gasteiger partial charge in [-0.1, -0.05) is 12.2 Å². The molecule has 2 bridgehead atoms. The molecule has 3 rings (SSSR count). The van der Waals surface area contributed by atoms with Crippen LogP contribution in [0.15, 0.2) is 12.2 Å². The van der Waals surface area contributed by atoms with Gasteiger partial charge < -0.3 is 15.2 Å². The van der Waals surface area contributed by atoms with E-state index in [4.69, 9.17) is 4.74 Å². The van der Waals surface area contributed by atoms with Crippen molar-refractivity contribution in [2.45, 2.75) is 25.7 Å². The molecule has 1 saturated heterocycles. The molecule has 0 aromatic rings. The van der Waals surface area contributed by atoms with Crippen LogP contribution < -0.4 is 5.32 Å². The number of fused-ring (bicyclic) bond motifs is 2. The summed E-state index contributed by atoms with van der Waals surface area (Å²) in [5.41, 5.74) is 0. The van der Waals surface area contributed by atoms with Gasteiger partial charge in [0.1, 0.15) is 0 Å². The fourth-order valence-electron chi connectivity index (χ4n) is 4.00. The van der Waals surface area contributed by atoms with Crippen LogP contribution in [0.3, 0.4) is 0 Å². The van der Waals surface area contributed by atoms with Crippen LogP contribution in [0, 0.1) is 29.6 Å². The fourth-order valence-corrected chi connectivity index (χ4v) is 4.00. The number of carboxylic acid groups (broad SMARTS) is 1. The molecule has 5 nitrogen and oxygen atoms in total. The van der Waals surface area contributed by atoms with Gasteiger partial charge in [-0.3, -0.25) is 9.59 Å². The summed E-state index contributed by atoms with van der Waals surface area (Å²) in [6.07, 6.45) is 7.89. The number of ether oxygens (including phenoxy) is 1. The molecule has 0 spiro atoms. The van der Waals surface area contributed by atoms with Crippen LogP contribution in [0.1, 0.15) is 25.7 Å². The fraction of sp³-hybridized carbons (Fsp3) is 0.750. The van der Waals surface area contributed by atoms with Crippen LogP contribution in [-0.2, 0) is 14.3 Å². The molecule has 3 aliphatic rings. The number of aliphatic carboxylic acids is 1. The number of hydrogen-bond donors (Lipinski definition) is 2. The van der Waals surface area contributed by atoms with Crippen LogP contribution in [0.2, 0.25) is 0 Å². The Morgan fingerprint density at radius 2 is 2.00 bits per heavy atom. The first kappa shape index (κ1) is 14.6. The first-order valence-corrected chi connectivity index (χ1v) is 7.91. The zero-order chi connectivity index (χ0) is 14.8. The van der Waals surface area contributed by atoms with Gasteiger partial charge in [-0.05, 0) is 43.4 Å². The predicted molar refractivity (Wildman–Crippen MR) is 76.5 cm³/mol. The van der Waals surface area contributed by atoms with Crippen LogP contribution in [0.5, 0.6) is 0 Å². The quantitative estimate of drug-likeness (QED) is 0.752. The zero-order valence-corrected chi connectivity index (χ0v) is 12.2. The van der Waals surface area contributed by atoms with Gasteiger partial charge in [0.15, 0.2) is 0 Å². The van der Waals surface area contributed by atoms with Crippen molar-refractivity contribution in [1.82, 2.24) is 5.32 Å². The Morgan fingerprint density at radius 1 is 1.24 bits per heavy atom. The number of amides is 1. The summed E-state index contributed by atoms with van der Waals surface area (Å²) in [5, 5.41) is 12.3. The maximum absolute atomic E-state index is 12.3. The lowest BCUT2D eigenvalue weighted by atomic mass is 9.85. The monoisotopic (exact) mass is 293 g/mol. The molecule has 4 atom stereocenters. The van der Waals surface area contributed by atoms with Crippen LogP contribution >= 0.6 is 0 Å². The maximum atomic E-state index is 12.3. The Hall–Kier alpha value is -1.36. The maximum Gasteiger partial charge on any atom is 0.308 e. The van der Waals surface area contributed by atoms with Gasteiger partial charge in [0.05, 0.1) is 5.92 Å². The summed E-state index contributed by atoms with van der Waals surface area (Å²) < 4.78 is 5.28. The number of hydrogen-bond acceptors (Lipinski definition) is 3. The molecule has 21 heavy (non-hydrogen) atoms. The number of carboxylic acids is 1. The second-order valence-electron chi connectivity index (χ2n) is 6.53. The van der Waals surface area contributed by atoms with Gasteiger partial charge in [-0.15, -0.1) is 0 Å². The molecular formula is C16H23NO4. The van der Waals surface area contributed by atoms with Crippen molar-refractivity contribution in [2.24, 2.45) is 29.6 Å². The van der Waals surface area contributed by atoms with E-state index >= 15 is 0 Å². The topological polar surface area (TPSA) is 75.6 Å². The van der Waals surface area contributed by atoms with Gasteiger partial charge in [0.2, 0.25) is 5.91 Å². The number of carbonyl (C=O) groups excluding carboxylic acids is 1. The molecule has 5 heteroatoms.